The van der Waals surface area contributed by atoms with Crippen LogP contribution >= 0.6 is 0 Å². The molecule has 0 aliphatic heterocycles. The summed E-state index contributed by atoms with van der Waals surface area (Å²) in [5.41, 5.74) is 3.24. The molecule has 1 nitrogen and oxygen atoms in total. The summed E-state index contributed by atoms with van der Waals surface area (Å²) < 4.78 is 13.6. The van der Waals surface area contributed by atoms with Gasteiger partial charge in [0.05, 0.1) is 5.56 Å². The van der Waals surface area contributed by atoms with Gasteiger partial charge in [0.1, 0.15) is 5.82 Å². The predicted molar refractivity (Wildman–Crippen MR) is 91.6 cm³/mol. The van der Waals surface area contributed by atoms with E-state index >= 15 is 0 Å². The molecule has 0 aromatic heterocycles. The van der Waals surface area contributed by atoms with Crippen LogP contribution in [0, 0.1) is 5.82 Å². The summed E-state index contributed by atoms with van der Waals surface area (Å²) in [5, 5.41) is 0. The number of hydrogen-bond donors (Lipinski definition) is 0. The molecule has 0 radical (unpaired) electrons. The summed E-state index contributed by atoms with van der Waals surface area (Å²) in [6, 6.07) is 23.9. The maximum atomic E-state index is 13.6. The fourth-order valence-corrected chi connectivity index (χ4v) is 2.34. The molecule has 0 fully saturated rings. The first-order chi connectivity index (χ1) is 11.2. The van der Waals surface area contributed by atoms with Crippen LogP contribution in [0.25, 0.3) is 17.2 Å². The number of allylic oxidation sites excluding steroid dienone is 1. The van der Waals surface area contributed by atoms with Crippen molar-refractivity contribution in [2.24, 2.45) is 0 Å². The van der Waals surface area contributed by atoms with Gasteiger partial charge in [-0.1, -0.05) is 72.8 Å². The zero-order valence-electron chi connectivity index (χ0n) is 12.4. The van der Waals surface area contributed by atoms with E-state index in [2.05, 4.69) is 0 Å². The lowest BCUT2D eigenvalue weighted by atomic mass is 10.0. The van der Waals surface area contributed by atoms with Crippen molar-refractivity contribution in [2.75, 3.05) is 0 Å². The number of halogens is 1. The van der Waals surface area contributed by atoms with Gasteiger partial charge in [-0.05, 0) is 34.9 Å². The quantitative estimate of drug-likeness (QED) is 0.466. The van der Waals surface area contributed by atoms with Gasteiger partial charge >= 0.3 is 0 Å². The van der Waals surface area contributed by atoms with Crippen LogP contribution in [0.5, 0.6) is 0 Å². The lowest BCUT2D eigenvalue weighted by Crippen LogP contribution is -1.97. The van der Waals surface area contributed by atoms with E-state index in [4.69, 9.17) is 0 Å². The van der Waals surface area contributed by atoms with Crippen LogP contribution in [0.2, 0.25) is 0 Å². The van der Waals surface area contributed by atoms with Gasteiger partial charge in [-0.3, -0.25) is 4.79 Å². The summed E-state index contributed by atoms with van der Waals surface area (Å²) in [5.74, 6) is -0.836. The summed E-state index contributed by atoms with van der Waals surface area (Å²) >= 11 is 0. The van der Waals surface area contributed by atoms with Gasteiger partial charge in [-0.2, -0.15) is 0 Å². The van der Waals surface area contributed by atoms with Gasteiger partial charge in [0.2, 0.25) is 0 Å². The highest BCUT2D eigenvalue weighted by molar-refractivity contribution is 6.07. The molecule has 0 spiro atoms. The largest absolute Gasteiger partial charge is 0.289 e. The van der Waals surface area contributed by atoms with Gasteiger partial charge in [0.25, 0.3) is 0 Å². The van der Waals surface area contributed by atoms with Crippen LogP contribution in [0.4, 0.5) is 4.39 Å². The molecule has 0 aliphatic rings. The van der Waals surface area contributed by atoms with Gasteiger partial charge in [0.15, 0.2) is 5.78 Å². The van der Waals surface area contributed by atoms with Crippen molar-refractivity contribution in [1.82, 2.24) is 0 Å². The topological polar surface area (TPSA) is 17.1 Å². The number of carbonyl (C=O) groups is 1. The maximum Gasteiger partial charge on any atom is 0.188 e. The Balaban J connectivity index is 1.76. The molecule has 0 atom stereocenters. The van der Waals surface area contributed by atoms with Crippen LogP contribution in [-0.4, -0.2) is 5.78 Å². The minimum Gasteiger partial charge on any atom is -0.289 e. The Morgan fingerprint density at radius 3 is 2.04 bits per heavy atom. The Morgan fingerprint density at radius 2 is 1.35 bits per heavy atom. The number of carbonyl (C=O) groups excluding carboxylic acids is 1. The Hall–Kier alpha value is -3.00. The van der Waals surface area contributed by atoms with Crippen LogP contribution < -0.4 is 0 Å². The lowest BCUT2D eigenvalue weighted by molar-refractivity contribution is 0.104. The number of hydrogen-bond acceptors (Lipinski definition) is 1. The van der Waals surface area contributed by atoms with Crippen molar-refractivity contribution in [3.05, 3.63) is 102 Å². The minimum atomic E-state index is -0.499. The third kappa shape index (κ3) is 3.61. The average Bonchev–Trinajstić information content (AvgIpc) is 2.61. The molecular weight excluding hydrogens is 287 g/mol. The SMILES string of the molecule is O=C(/C=C/c1ccc(-c2ccccc2)cc1)c1ccccc1F. The molecule has 0 saturated heterocycles. The molecule has 0 amide bonds. The van der Waals surface area contributed by atoms with E-state index in [-0.39, 0.29) is 11.3 Å². The lowest BCUT2D eigenvalue weighted by Gasteiger charge is -2.02. The van der Waals surface area contributed by atoms with Crippen molar-refractivity contribution in [2.45, 2.75) is 0 Å². The molecule has 112 valence electrons. The van der Waals surface area contributed by atoms with E-state index < -0.39 is 5.82 Å². The highest BCUT2D eigenvalue weighted by Crippen LogP contribution is 2.19. The summed E-state index contributed by atoms with van der Waals surface area (Å²) in [7, 11) is 0. The fourth-order valence-electron chi connectivity index (χ4n) is 2.34. The van der Waals surface area contributed by atoms with E-state index in [1.54, 1.807) is 18.2 Å². The minimum absolute atomic E-state index is 0.0876. The molecule has 0 bridgehead atoms. The molecule has 23 heavy (non-hydrogen) atoms. The van der Waals surface area contributed by atoms with Gasteiger partial charge in [0, 0.05) is 0 Å². The third-order valence-electron chi connectivity index (χ3n) is 3.58. The fraction of sp³-hybridized carbons (Fsp3) is 0. The molecule has 0 heterocycles. The number of rotatable bonds is 4. The molecule has 0 saturated carbocycles. The molecule has 0 unspecified atom stereocenters. The number of benzene rings is 3. The highest BCUT2D eigenvalue weighted by atomic mass is 19.1. The Labute approximate surface area is 134 Å². The maximum absolute atomic E-state index is 13.6. The molecule has 0 aliphatic carbocycles. The molecule has 2 heteroatoms. The normalized spacial score (nSPS) is 10.8. The van der Waals surface area contributed by atoms with Crippen LogP contribution in [-0.2, 0) is 0 Å². The Bertz CT molecular complexity index is 833. The van der Waals surface area contributed by atoms with Crippen molar-refractivity contribution in [1.29, 1.82) is 0 Å². The van der Waals surface area contributed by atoms with Gasteiger partial charge in [-0.15, -0.1) is 0 Å². The zero-order valence-corrected chi connectivity index (χ0v) is 12.4. The second-order valence-electron chi connectivity index (χ2n) is 5.17. The van der Waals surface area contributed by atoms with Crippen molar-refractivity contribution < 1.29 is 9.18 Å². The summed E-state index contributed by atoms with van der Waals surface area (Å²) in [6.07, 6.45) is 3.10. The summed E-state index contributed by atoms with van der Waals surface area (Å²) in [4.78, 5) is 12.0. The van der Waals surface area contributed by atoms with E-state index in [0.717, 1.165) is 16.7 Å². The van der Waals surface area contributed by atoms with Crippen LogP contribution in [0.15, 0.2) is 84.9 Å². The van der Waals surface area contributed by atoms with Gasteiger partial charge in [-0.25, -0.2) is 4.39 Å². The monoisotopic (exact) mass is 302 g/mol. The van der Waals surface area contributed by atoms with Gasteiger partial charge < -0.3 is 0 Å². The van der Waals surface area contributed by atoms with Crippen LogP contribution in [0.1, 0.15) is 15.9 Å². The molecule has 0 N–H and O–H groups in total. The van der Waals surface area contributed by atoms with E-state index in [1.165, 1.54) is 18.2 Å². The van der Waals surface area contributed by atoms with Crippen molar-refractivity contribution in [3.63, 3.8) is 0 Å². The smallest absolute Gasteiger partial charge is 0.188 e. The molecule has 3 rings (SSSR count). The Morgan fingerprint density at radius 1 is 0.739 bits per heavy atom. The number of ketones is 1. The van der Waals surface area contributed by atoms with E-state index in [0.29, 0.717) is 0 Å². The van der Waals surface area contributed by atoms with Crippen molar-refractivity contribution in [3.8, 4) is 11.1 Å². The first kappa shape index (κ1) is 14.9. The molecule has 3 aromatic rings. The van der Waals surface area contributed by atoms with Crippen LogP contribution in [0.3, 0.4) is 0 Å². The molecular formula is C21H15FO. The standard InChI is InChI=1S/C21H15FO/c22-20-9-5-4-8-19(20)21(23)15-12-16-10-13-18(14-11-16)17-6-2-1-3-7-17/h1-15H/b15-12+. The zero-order chi connectivity index (χ0) is 16.1. The molecule has 3 aromatic carbocycles. The first-order valence-electron chi connectivity index (χ1n) is 7.36. The first-order valence-corrected chi connectivity index (χ1v) is 7.36. The van der Waals surface area contributed by atoms with Crippen molar-refractivity contribution >= 4 is 11.9 Å². The second-order valence-corrected chi connectivity index (χ2v) is 5.17. The highest BCUT2D eigenvalue weighted by Gasteiger charge is 2.07. The second kappa shape index (κ2) is 6.84. The van der Waals surface area contributed by atoms with E-state index in [9.17, 15) is 9.18 Å². The van der Waals surface area contributed by atoms with E-state index in [1.807, 2.05) is 54.6 Å². The summed E-state index contributed by atoms with van der Waals surface area (Å²) in [6.45, 7) is 0. The predicted octanol–water partition coefficient (Wildman–Crippen LogP) is 5.39. The Kier molecular flexibility index (Phi) is 4.44. The average molecular weight is 302 g/mol. The third-order valence-corrected chi connectivity index (χ3v) is 3.58.